The first-order valence-corrected chi connectivity index (χ1v) is 7.83. The zero-order chi connectivity index (χ0) is 15.4. The zero-order valence-corrected chi connectivity index (χ0v) is 13.7. The normalized spacial score (nSPS) is 31.5. The summed E-state index contributed by atoms with van der Waals surface area (Å²) in [7, 11) is 1.80. The van der Waals surface area contributed by atoms with Crippen molar-refractivity contribution >= 4 is 0 Å². The molecule has 1 heterocycles. The number of hydrogen-bond donors (Lipinski definition) is 1. The second-order valence-electron chi connectivity index (χ2n) is 7.49. The fourth-order valence-corrected chi connectivity index (χ4v) is 4.32. The van der Waals surface area contributed by atoms with E-state index in [0.29, 0.717) is 11.8 Å². The number of fused-ring (bicyclic) bond motifs is 4. The van der Waals surface area contributed by atoms with Crippen molar-refractivity contribution in [3.05, 3.63) is 23.3 Å². The summed E-state index contributed by atoms with van der Waals surface area (Å²) < 4.78 is 12.0. The molecule has 1 saturated carbocycles. The number of rotatable bonds is 2. The summed E-state index contributed by atoms with van der Waals surface area (Å²) in [5.74, 6) is 2.06. The summed E-state index contributed by atoms with van der Waals surface area (Å²) in [6, 6.07) is 3.62. The van der Waals surface area contributed by atoms with Gasteiger partial charge < -0.3 is 14.6 Å². The Labute approximate surface area is 127 Å². The standard InChI is InChI=1S/C18H26O3/c1-11-8-12(19)9-15-16(11)13-10-18(4,21-15)7-6-14(13)17(2,3)20-5/h8-9,13-14,19H,6-7,10H2,1-5H3/t13-,14+,18-/m0/s1. The van der Waals surface area contributed by atoms with Gasteiger partial charge >= 0.3 is 0 Å². The van der Waals surface area contributed by atoms with Gasteiger partial charge in [0, 0.05) is 18.7 Å². The SMILES string of the molecule is COC(C)(C)[C@@H]1CC[C@@]2(C)C[C@@H]1c1c(C)cc(O)cc1O2. The van der Waals surface area contributed by atoms with Crippen molar-refractivity contribution < 1.29 is 14.6 Å². The average Bonchev–Trinajstić information content (AvgIpc) is 2.36. The molecule has 3 heteroatoms. The molecule has 2 aliphatic rings. The van der Waals surface area contributed by atoms with Crippen LogP contribution in [-0.2, 0) is 4.74 Å². The van der Waals surface area contributed by atoms with E-state index in [1.165, 1.54) is 5.56 Å². The van der Waals surface area contributed by atoms with Gasteiger partial charge in [-0.2, -0.15) is 0 Å². The molecule has 0 spiro atoms. The number of aromatic hydroxyl groups is 1. The molecule has 1 N–H and O–H groups in total. The van der Waals surface area contributed by atoms with Crippen LogP contribution in [0.5, 0.6) is 11.5 Å². The summed E-state index contributed by atoms with van der Waals surface area (Å²) in [6.07, 6.45) is 3.18. The molecule has 2 bridgehead atoms. The average molecular weight is 290 g/mol. The lowest BCUT2D eigenvalue weighted by Gasteiger charge is -2.51. The molecule has 0 aromatic heterocycles. The van der Waals surface area contributed by atoms with Gasteiger partial charge in [-0.1, -0.05) is 0 Å². The number of phenols is 1. The molecular formula is C18H26O3. The Kier molecular flexibility index (Phi) is 3.25. The van der Waals surface area contributed by atoms with E-state index in [-0.39, 0.29) is 17.0 Å². The quantitative estimate of drug-likeness (QED) is 0.889. The van der Waals surface area contributed by atoms with Crippen LogP contribution in [0.3, 0.4) is 0 Å². The Morgan fingerprint density at radius 3 is 2.76 bits per heavy atom. The number of ether oxygens (including phenoxy) is 2. The largest absolute Gasteiger partial charge is 0.508 e. The molecule has 0 unspecified atom stereocenters. The first-order valence-electron chi connectivity index (χ1n) is 7.83. The van der Waals surface area contributed by atoms with Crippen molar-refractivity contribution in [2.24, 2.45) is 5.92 Å². The van der Waals surface area contributed by atoms with Crippen LogP contribution >= 0.6 is 0 Å². The van der Waals surface area contributed by atoms with Gasteiger partial charge in [-0.25, -0.2) is 0 Å². The fraction of sp³-hybridized carbons (Fsp3) is 0.667. The van der Waals surface area contributed by atoms with Gasteiger partial charge in [-0.3, -0.25) is 0 Å². The van der Waals surface area contributed by atoms with E-state index < -0.39 is 0 Å². The highest BCUT2D eigenvalue weighted by Crippen LogP contribution is 2.55. The Morgan fingerprint density at radius 2 is 2.10 bits per heavy atom. The van der Waals surface area contributed by atoms with E-state index in [4.69, 9.17) is 9.47 Å². The van der Waals surface area contributed by atoms with Crippen LogP contribution < -0.4 is 4.74 Å². The second-order valence-corrected chi connectivity index (χ2v) is 7.49. The lowest BCUT2D eigenvalue weighted by molar-refractivity contribution is -0.0859. The maximum absolute atomic E-state index is 9.88. The summed E-state index contributed by atoms with van der Waals surface area (Å²) >= 11 is 0. The monoisotopic (exact) mass is 290 g/mol. The number of benzene rings is 1. The Hall–Kier alpha value is -1.22. The summed E-state index contributed by atoms with van der Waals surface area (Å²) in [5, 5.41) is 9.88. The highest BCUT2D eigenvalue weighted by molar-refractivity contribution is 5.50. The topological polar surface area (TPSA) is 38.7 Å². The third kappa shape index (κ3) is 2.32. The number of phenolic OH excluding ortho intramolecular Hbond substituents is 1. The smallest absolute Gasteiger partial charge is 0.127 e. The predicted octanol–water partition coefficient (Wildman–Crippen LogP) is 4.16. The van der Waals surface area contributed by atoms with Gasteiger partial charge in [0.1, 0.15) is 17.1 Å². The summed E-state index contributed by atoms with van der Waals surface area (Å²) in [6.45, 7) is 8.63. The van der Waals surface area contributed by atoms with Crippen LogP contribution in [0, 0.1) is 12.8 Å². The highest BCUT2D eigenvalue weighted by Gasteiger charge is 2.50. The van der Waals surface area contributed by atoms with E-state index in [1.54, 1.807) is 13.2 Å². The molecule has 1 aromatic carbocycles. The third-order valence-corrected chi connectivity index (χ3v) is 5.60. The highest BCUT2D eigenvalue weighted by atomic mass is 16.5. The van der Waals surface area contributed by atoms with Crippen LogP contribution in [0.4, 0.5) is 0 Å². The van der Waals surface area contributed by atoms with E-state index >= 15 is 0 Å². The summed E-state index contributed by atoms with van der Waals surface area (Å²) in [5.41, 5.74) is 2.12. The van der Waals surface area contributed by atoms with Gasteiger partial charge in [0.15, 0.2) is 0 Å². The van der Waals surface area contributed by atoms with Crippen LogP contribution in [-0.4, -0.2) is 23.4 Å². The Bertz CT molecular complexity index is 564. The van der Waals surface area contributed by atoms with Crippen molar-refractivity contribution in [2.75, 3.05) is 7.11 Å². The Balaban J connectivity index is 2.11. The maximum atomic E-state index is 9.88. The maximum Gasteiger partial charge on any atom is 0.127 e. The van der Waals surface area contributed by atoms with E-state index in [0.717, 1.165) is 30.6 Å². The zero-order valence-electron chi connectivity index (χ0n) is 13.7. The molecule has 3 rings (SSSR count). The van der Waals surface area contributed by atoms with Crippen LogP contribution in [0.15, 0.2) is 12.1 Å². The van der Waals surface area contributed by atoms with Crippen molar-refractivity contribution in [2.45, 2.75) is 64.1 Å². The molecule has 1 aromatic rings. The van der Waals surface area contributed by atoms with Crippen molar-refractivity contribution in [3.63, 3.8) is 0 Å². The minimum Gasteiger partial charge on any atom is -0.508 e. The van der Waals surface area contributed by atoms with Gasteiger partial charge in [-0.05, 0) is 70.4 Å². The number of aryl methyl sites for hydroxylation is 1. The summed E-state index contributed by atoms with van der Waals surface area (Å²) in [4.78, 5) is 0. The predicted molar refractivity (Wildman–Crippen MR) is 83.0 cm³/mol. The number of methoxy groups -OCH3 is 1. The minimum absolute atomic E-state index is 0.113. The molecule has 0 amide bonds. The molecule has 3 atom stereocenters. The molecule has 1 aliphatic heterocycles. The van der Waals surface area contributed by atoms with Crippen LogP contribution in [0.25, 0.3) is 0 Å². The van der Waals surface area contributed by atoms with Crippen molar-refractivity contribution in [1.82, 2.24) is 0 Å². The lowest BCUT2D eigenvalue weighted by Crippen LogP contribution is -2.50. The molecule has 21 heavy (non-hydrogen) atoms. The third-order valence-electron chi connectivity index (χ3n) is 5.60. The first-order chi connectivity index (χ1) is 9.76. The van der Waals surface area contributed by atoms with Crippen LogP contribution in [0.2, 0.25) is 0 Å². The van der Waals surface area contributed by atoms with Crippen molar-refractivity contribution in [3.8, 4) is 11.5 Å². The molecular weight excluding hydrogens is 264 g/mol. The van der Waals surface area contributed by atoms with E-state index in [1.807, 2.05) is 6.07 Å². The first kappa shape index (κ1) is 14.7. The molecule has 1 aliphatic carbocycles. The van der Waals surface area contributed by atoms with Gasteiger partial charge in [0.25, 0.3) is 0 Å². The van der Waals surface area contributed by atoms with Gasteiger partial charge in [-0.15, -0.1) is 0 Å². The molecule has 3 nitrogen and oxygen atoms in total. The molecule has 0 radical (unpaired) electrons. The minimum atomic E-state index is -0.148. The van der Waals surface area contributed by atoms with Gasteiger partial charge in [0.2, 0.25) is 0 Å². The molecule has 0 saturated heterocycles. The fourth-order valence-electron chi connectivity index (χ4n) is 4.32. The van der Waals surface area contributed by atoms with Crippen LogP contribution in [0.1, 0.15) is 57.1 Å². The second kappa shape index (κ2) is 4.64. The van der Waals surface area contributed by atoms with E-state index in [2.05, 4.69) is 27.7 Å². The number of hydrogen-bond acceptors (Lipinski definition) is 3. The molecule has 116 valence electrons. The van der Waals surface area contributed by atoms with E-state index in [9.17, 15) is 5.11 Å². The lowest BCUT2D eigenvalue weighted by atomic mass is 9.62. The molecule has 1 fully saturated rings. The Morgan fingerprint density at radius 1 is 1.38 bits per heavy atom. The van der Waals surface area contributed by atoms with Crippen molar-refractivity contribution in [1.29, 1.82) is 0 Å². The van der Waals surface area contributed by atoms with Gasteiger partial charge in [0.05, 0.1) is 5.60 Å².